The quantitative estimate of drug-likeness (QED) is 0.426. The monoisotopic (exact) mass is 294 g/mol. The highest BCUT2D eigenvalue weighted by Crippen LogP contribution is 2.26. The van der Waals surface area contributed by atoms with Crippen molar-refractivity contribution in [2.24, 2.45) is 5.16 Å². The van der Waals surface area contributed by atoms with Crippen molar-refractivity contribution in [2.75, 3.05) is 0 Å². The summed E-state index contributed by atoms with van der Waals surface area (Å²) in [5.41, 5.74) is 1.38. The zero-order valence-electron chi connectivity index (χ0n) is 10.9. The minimum absolute atomic E-state index is 0.471. The summed E-state index contributed by atoms with van der Waals surface area (Å²) in [5.74, 6) is 0.578. The summed E-state index contributed by atoms with van der Waals surface area (Å²) in [5, 5.41) is 16.9. The minimum Gasteiger partial charge on any atom is -0.454 e. The van der Waals surface area contributed by atoms with E-state index < -0.39 is 0 Å². The van der Waals surface area contributed by atoms with Gasteiger partial charge in [-0.1, -0.05) is 17.3 Å². The van der Waals surface area contributed by atoms with Crippen molar-refractivity contribution in [3.63, 3.8) is 0 Å². The third kappa shape index (κ3) is 1.98. The molecule has 0 fully saturated rings. The molecule has 21 heavy (non-hydrogen) atoms. The maximum Gasteiger partial charge on any atom is 0.155 e. The first-order valence-electron chi connectivity index (χ1n) is 6.40. The van der Waals surface area contributed by atoms with Crippen LogP contribution in [0, 0.1) is 0 Å². The largest absolute Gasteiger partial charge is 0.454 e. The number of hydrogen-bond donors (Lipinski definition) is 1. The zero-order valence-corrected chi connectivity index (χ0v) is 11.7. The van der Waals surface area contributed by atoms with Gasteiger partial charge in [0.1, 0.15) is 16.6 Å². The molecule has 0 aliphatic carbocycles. The minimum atomic E-state index is 0.471. The highest BCUT2D eigenvalue weighted by atomic mass is 32.1. The van der Waals surface area contributed by atoms with Gasteiger partial charge in [0.2, 0.25) is 0 Å². The Bertz CT molecular complexity index is 1020. The van der Waals surface area contributed by atoms with E-state index in [1.165, 1.54) is 0 Å². The molecule has 0 aliphatic rings. The molecule has 5 heteroatoms. The lowest BCUT2D eigenvalue weighted by Gasteiger charge is -2.03. The molecule has 3 aromatic heterocycles. The second-order valence-corrected chi connectivity index (χ2v) is 5.57. The number of nitrogens with zero attached hydrogens (tertiary/aromatic N) is 2. The third-order valence-electron chi connectivity index (χ3n) is 3.35. The summed E-state index contributed by atoms with van der Waals surface area (Å²) >= 11 is 1.65. The fourth-order valence-corrected chi connectivity index (χ4v) is 3.07. The molecule has 0 radical (unpaired) electrons. The van der Waals surface area contributed by atoms with Crippen molar-refractivity contribution in [2.45, 2.75) is 0 Å². The highest BCUT2D eigenvalue weighted by molar-refractivity contribution is 7.17. The molecule has 1 aromatic carbocycles. The van der Waals surface area contributed by atoms with E-state index >= 15 is 0 Å². The molecular weight excluding hydrogens is 284 g/mol. The SMILES string of the molecule is ON=c1cc(-c2cc3ccsc3cn2)oc2ccccc12. The number of benzene rings is 1. The summed E-state index contributed by atoms with van der Waals surface area (Å²) < 4.78 is 7.02. The average molecular weight is 294 g/mol. The molecule has 102 valence electrons. The second kappa shape index (κ2) is 4.71. The predicted octanol–water partition coefficient (Wildman–Crippen LogP) is 4.00. The van der Waals surface area contributed by atoms with E-state index in [1.807, 2.05) is 48.0 Å². The number of rotatable bonds is 1. The third-order valence-corrected chi connectivity index (χ3v) is 4.22. The van der Waals surface area contributed by atoms with Crippen molar-refractivity contribution >= 4 is 32.4 Å². The van der Waals surface area contributed by atoms with E-state index in [9.17, 15) is 5.21 Å². The molecule has 0 spiro atoms. The molecule has 0 unspecified atom stereocenters. The van der Waals surface area contributed by atoms with Crippen LogP contribution < -0.4 is 5.36 Å². The topological polar surface area (TPSA) is 58.6 Å². The van der Waals surface area contributed by atoms with E-state index in [4.69, 9.17) is 4.42 Å². The van der Waals surface area contributed by atoms with Crippen molar-refractivity contribution in [1.29, 1.82) is 0 Å². The fraction of sp³-hybridized carbons (Fsp3) is 0. The number of aromatic nitrogens is 1. The standard InChI is InChI=1S/C16H10N2O2S/c19-18-12-8-15(20-14-4-2-1-3-11(12)14)13-7-10-5-6-21-16(10)9-17-13/h1-9,19H. The van der Waals surface area contributed by atoms with Crippen molar-refractivity contribution in [3.05, 3.63) is 59.4 Å². The molecule has 0 saturated heterocycles. The zero-order chi connectivity index (χ0) is 14.2. The van der Waals surface area contributed by atoms with Gasteiger partial charge in [-0.15, -0.1) is 11.3 Å². The number of pyridine rings is 1. The number of para-hydroxylation sites is 1. The number of hydrogen-bond acceptors (Lipinski definition) is 5. The number of fused-ring (bicyclic) bond motifs is 2. The molecule has 0 aliphatic heterocycles. The molecule has 3 heterocycles. The van der Waals surface area contributed by atoms with Crippen LogP contribution in [0.3, 0.4) is 0 Å². The summed E-state index contributed by atoms with van der Waals surface area (Å²) in [7, 11) is 0. The van der Waals surface area contributed by atoms with Crippen LogP contribution in [0.15, 0.2) is 63.6 Å². The van der Waals surface area contributed by atoms with Crippen LogP contribution in [0.5, 0.6) is 0 Å². The maximum absolute atomic E-state index is 9.21. The first-order chi connectivity index (χ1) is 10.3. The maximum atomic E-state index is 9.21. The summed E-state index contributed by atoms with van der Waals surface area (Å²) in [6.45, 7) is 0. The van der Waals surface area contributed by atoms with Gasteiger partial charge in [-0.3, -0.25) is 4.98 Å². The van der Waals surface area contributed by atoms with Crippen LogP contribution in [0.1, 0.15) is 0 Å². The molecule has 1 N–H and O–H groups in total. The van der Waals surface area contributed by atoms with Crippen LogP contribution in [0.2, 0.25) is 0 Å². The van der Waals surface area contributed by atoms with E-state index in [2.05, 4.69) is 10.1 Å². The summed E-state index contributed by atoms with van der Waals surface area (Å²) in [6.07, 6.45) is 1.83. The van der Waals surface area contributed by atoms with Gasteiger partial charge in [-0.05, 0) is 35.0 Å². The summed E-state index contributed by atoms with van der Waals surface area (Å²) in [6, 6.07) is 13.2. The normalized spacial score (nSPS) is 12.3. The highest BCUT2D eigenvalue weighted by Gasteiger charge is 2.08. The van der Waals surface area contributed by atoms with E-state index in [-0.39, 0.29) is 0 Å². The Morgan fingerprint density at radius 1 is 1.14 bits per heavy atom. The molecule has 4 aromatic rings. The van der Waals surface area contributed by atoms with Crippen LogP contribution in [-0.4, -0.2) is 10.2 Å². The Hall–Kier alpha value is -2.66. The van der Waals surface area contributed by atoms with Gasteiger partial charge >= 0.3 is 0 Å². The van der Waals surface area contributed by atoms with Gasteiger partial charge in [-0.25, -0.2) is 0 Å². The second-order valence-electron chi connectivity index (χ2n) is 4.62. The van der Waals surface area contributed by atoms with E-state index in [1.54, 1.807) is 17.4 Å². The van der Waals surface area contributed by atoms with Crippen LogP contribution in [-0.2, 0) is 0 Å². The average Bonchev–Trinajstić information content (AvgIpc) is 3.01. The lowest BCUT2D eigenvalue weighted by molar-refractivity contribution is 0.302. The van der Waals surface area contributed by atoms with Gasteiger partial charge in [0.25, 0.3) is 0 Å². The number of thiophene rings is 1. The van der Waals surface area contributed by atoms with Crippen molar-refractivity contribution in [1.82, 2.24) is 4.98 Å². The first kappa shape index (κ1) is 12.1. The Kier molecular flexibility index (Phi) is 2.72. The van der Waals surface area contributed by atoms with Gasteiger partial charge < -0.3 is 9.62 Å². The Labute approximate surface area is 123 Å². The Morgan fingerprint density at radius 2 is 2.05 bits per heavy atom. The molecule has 4 rings (SSSR count). The van der Waals surface area contributed by atoms with Crippen molar-refractivity contribution < 1.29 is 9.62 Å². The van der Waals surface area contributed by atoms with Gasteiger partial charge in [0.15, 0.2) is 5.76 Å². The van der Waals surface area contributed by atoms with Gasteiger partial charge in [0.05, 0.1) is 4.70 Å². The molecular formula is C16H10N2O2S. The van der Waals surface area contributed by atoms with Gasteiger partial charge in [0, 0.05) is 17.6 Å². The molecule has 0 bridgehead atoms. The molecule has 0 atom stereocenters. The Balaban J connectivity index is 2.01. The molecule has 0 saturated carbocycles. The summed E-state index contributed by atoms with van der Waals surface area (Å²) in [4.78, 5) is 4.42. The molecule has 0 amide bonds. The lowest BCUT2D eigenvalue weighted by Crippen LogP contribution is -2.03. The first-order valence-corrected chi connectivity index (χ1v) is 7.28. The van der Waals surface area contributed by atoms with Crippen LogP contribution in [0.25, 0.3) is 32.5 Å². The van der Waals surface area contributed by atoms with Crippen LogP contribution in [0.4, 0.5) is 0 Å². The van der Waals surface area contributed by atoms with E-state index in [0.717, 1.165) is 21.2 Å². The van der Waals surface area contributed by atoms with Crippen LogP contribution >= 0.6 is 11.3 Å². The smallest absolute Gasteiger partial charge is 0.155 e. The Morgan fingerprint density at radius 3 is 2.95 bits per heavy atom. The van der Waals surface area contributed by atoms with E-state index in [0.29, 0.717) is 16.7 Å². The van der Waals surface area contributed by atoms with Crippen molar-refractivity contribution in [3.8, 4) is 11.5 Å². The fourth-order valence-electron chi connectivity index (χ4n) is 2.33. The predicted molar refractivity (Wildman–Crippen MR) is 82.2 cm³/mol. The molecule has 4 nitrogen and oxygen atoms in total. The lowest BCUT2D eigenvalue weighted by atomic mass is 10.2. The van der Waals surface area contributed by atoms with Gasteiger partial charge in [-0.2, -0.15) is 0 Å².